The second-order valence-electron chi connectivity index (χ2n) is 15.8. The fourth-order valence-electron chi connectivity index (χ4n) is 5.02. The van der Waals surface area contributed by atoms with Crippen molar-refractivity contribution in [2.45, 2.75) is 114 Å². The summed E-state index contributed by atoms with van der Waals surface area (Å²) < 4.78 is 72.6. The SMILES string of the molecule is CC(C)(C)[Si](C)(C)OC[C@H]1O[C@@H](n2c(F)nc3c(OCc4ccccc4)nc(NS(=O)(=O)c4ccccc4)nc32)C[C@@H]1O[Si](C)(C)C(C)(C)C. The van der Waals surface area contributed by atoms with Crippen molar-refractivity contribution in [3.63, 3.8) is 0 Å². The van der Waals surface area contributed by atoms with Gasteiger partial charge in [-0.15, -0.1) is 0 Å². The molecule has 0 saturated carbocycles. The molecular formula is C35H50FN5O6SSi2. The Bertz CT molecular complexity index is 1900. The minimum Gasteiger partial charge on any atom is -0.471 e. The molecule has 1 aliphatic heterocycles. The van der Waals surface area contributed by atoms with Gasteiger partial charge in [0.2, 0.25) is 11.8 Å². The number of imidazole rings is 1. The van der Waals surface area contributed by atoms with E-state index in [4.69, 9.17) is 18.3 Å². The Morgan fingerprint density at radius 3 is 2.10 bits per heavy atom. The molecule has 4 aromatic rings. The molecule has 1 fully saturated rings. The van der Waals surface area contributed by atoms with E-state index >= 15 is 4.39 Å². The zero-order valence-corrected chi connectivity index (χ0v) is 33.5. The summed E-state index contributed by atoms with van der Waals surface area (Å²) in [4.78, 5) is 13.0. The molecule has 5 rings (SSSR count). The second kappa shape index (κ2) is 14.1. The number of sulfonamides is 1. The molecule has 0 unspecified atom stereocenters. The third kappa shape index (κ3) is 8.29. The molecule has 11 nitrogen and oxygen atoms in total. The van der Waals surface area contributed by atoms with Gasteiger partial charge in [-0.05, 0) is 54.0 Å². The standard InChI is InChI=1S/C35H50FN5O6SSi2/c1-34(2,3)49(7,8)45-23-27-26(47-50(9,10)35(4,5)6)21-28(46-27)41-30-29(37-32(41)36)31(44-22-24-17-13-11-14-18-24)39-33(38-30)40-48(42,43)25-19-15-12-16-20-25/h11-20,26-28H,21-23H2,1-10H3,(H,38,39,40)/t26-,27+,28+/m0/s1. The molecular weight excluding hydrogens is 694 g/mol. The second-order valence-corrected chi connectivity index (χ2v) is 27.1. The summed E-state index contributed by atoms with van der Waals surface area (Å²) in [5.41, 5.74) is 0.890. The highest BCUT2D eigenvalue weighted by molar-refractivity contribution is 7.92. The van der Waals surface area contributed by atoms with E-state index < -0.39 is 51.2 Å². The van der Waals surface area contributed by atoms with Crippen LogP contribution in [0.25, 0.3) is 11.2 Å². The van der Waals surface area contributed by atoms with Crippen LogP contribution in [0.2, 0.25) is 36.3 Å². The lowest BCUT2D eigenvalue weighted by Gasteiger charge is -2.40. The van der Waals surface area contributed by atoms with Crippen LogP contribution < -0.4 is 9.46 Å². The number of aromatic nitrogens is 4. The quantitative estimate of drug-likeness (QED) is 0.113. The molecule has 50 heavy (non-hydrogen) atoms. The van der Waals surface area contributed by atoms with Crippen molar-refractivity contribution in [3.8, 4) is 5.88 Å². The summed E-state index contributed by atoms with van der Waals surface area (Å²) >= 11 is 0. The summed E-state index contributed by atoms with van der Waals surface area (Å²) in [6, 6.07) is 17.2. The van der Waals surface area contributed by atoms with Crippen molar-refractivity contribution in [2.24, 2.45) is 0 Å². The Morgan fingerprint density at radius 2 is 1.50 bits per heavy atom. The molecule has 0 radical (unpaired) electrons. The maximum absolute atomic E-state index is 16.1. The first-order valence-corrected chi connectivity index (χ1v) is 24.2. The molecule has 0 spiro atoms. The molecule has 0 amide bonds. The Morgan fingerprint density at radius 1 is 0.900 bits per heavy atom. The number of hydrogen-bond donors (Lipinski definition) is 1. The van der Waals surface area contributed by atoms with Crippen LogP contribution in [0.15, 0.2) is 65.6 Å². The summed E-state index contributed by atoms with van der Waals surface area (Å²) in [6.07, 6.45) is -2.33. The zero-order valence-electron chi connectivity index (χ0n) is 30.7. The lowest BCUT2D eigenvalue weighted by molar-refractivity contribution is -0.0418. The molecule has 1 N–H and O–H groups in total. The number of ether oxygens (including phenoxy) is 2. The first-order chi connectivity index (χ1) is 23.2. The number of benzene rings is 2. The van der Waals surface area contributed by atoms with Gasteiger partial charge in [0.15, 0.2) is 27.8 Å². The molecule has 0 bridgehead atoms. The fourth-order valence-corrected chi connectivity index (χ4v) is 8.36. The van der Waals surface area contributed by atoms with Gasteiger partial charge >= 0.3 is 0 Å². The average Bonchev–Trinajstić information content (AvgIpc) is 3.57. The van der Waals surface area contributed by atoms with Crippen LogP contribution in [0.4, 0.5) is 10.3 Å². The first kappa shape index (κ1) is 38.0. The topological polar surface area (TPSA) is 127 Å². The van der Waals surface area contributed by atoms with Crippen LogP contribution in [-0.2, 0) is 30.2 Å². The minimum atomic E-state index is -4.09. The highest BCUT2D eigenvalue weighted by atomic mass is 32.2. The van der Waals surface area contributed by atoms with E-state index in [0.29, 0.717) is 6.42 Å². The van der Waals surface area contributed by atoms with Gasteiger partial charge < -0.3 is 18.3 Å². The molecule has 2 aromatic heterocycles. The van der Waals surface area contributed by atoms with Crippen molar-refractivity contribution in [1.82, 2.24) is 19.5 Å². The van der Waals surface area contributed by atoms with Crippen LogP contribution in [0, 0.1) is 6.08 Å². The van der Waals surface area contributed by atoms with Crippen molar-refractivity contribution in [1.29, 1.82) is 0 Å². The van der Waals surface area contributed by atoms with E-state index in [-0.39, 0.29) is 51.2 Å². The van der Waals surface area contributed by atoms with E-state index in [0.717, 1.165) is 5.56 Å². The van der Waals surface area contributed by atoms with Gasteiger partial charge in [-0.25, -0.2) is 13.1 Å². The lowest BCUT2D eigenvalue weighted by atomic mass is 10.2. The molecule has 15 heteroatoms. The van der Waals surface area contributed by atoms with Crippen molar-refractivity contribution >= 4 is 43.8 Å². The Labute approximate surface area is 297 Å². The first-order valence-electron chi connectivity index (χ1n) is 16.9. The molecule has 0 aliphatic carbocycles. The number of fused-ring (bicyclic) bond motifs is 1. The number of rotatable bonds is 12. The van der Waals surface area contributed by atoms with Gasteiger partial charge in [-0.2, -0.15) is 19.3 Å². The molecule has 1 aliphatic rings. The molecule has 3 heterocycles. The Kier molecular flexibility index (Phi) is 10.7. The fraction of sp³-hybridized carbons (Fsp3) is 0.514. The Hall–Kier alpha value is -3.22. The summed E-state index contributed by atoms with van der Waals surface area (Å²) in [5, 5.41) is -0.101. The maximum Gasteiger partial charge on any atom is 0.293 e. The third-order valence-electron chi connectivity index (χ3n) is 10.1. The van der Waals surface area contributed by atoms with E-state index in [9.17, 15) is 8.42 Å². The summed E-state index contributed by atoms with van der Waals surface area (Å²) in [7, 11) is -8.54. The average molecular weight is 744 g/mol. The number of anilines is 1. The Balaban J connectivity index is 1.55. The van der Waals surface area contributed by atoms with E-state index in [2.05, 4.69) is 87.4 Å². The molecule has 2 aromatic carbocycles. The van der Waals surface area contributed by atoms with Crippen molar-refractivity contribution < 1.29 is 31.1 Å². The van der Waals surface area contributed by atoms with Crippen LogP contribution in [0.1, 0.15) is 59.8 Å². The minimum absolute atomic E-state index is 0.0180. The number of nitrogens with one attached hydrogen (secondary N) is 1. The predicted molar refractivity (Wildman–Crippen MR) is 197 cm³/mol. The van der Waals surface area contributed by atoms with E-state index in [1.807, 2.05) is 30.3 Å². The van der Waals surface area contributed by atoms with E-state index in [1.54, 1.807) is 18.2 Å². The third-order valence-corrected chi connectivity index (χ3v) is 20.4. The molecule has 272 valence electrons. The van der Waals surface area contributed by atoms with Crippen LogP contribution >= 0.6 is 0 Å². The van der Waals surface area contributed by atoms with Crippen LogP contribution in [-0.4, -0.2) is 63.4 Å². The normalized spacial score (nSPS) is 19.2. The van der Waals surface area contributed by atoms with Gasteiger partial charge in [-0.1, -0.05) is 90.1 Å². The number of hydrogen-bond acceptors (Lipinski definition) is 9. The van der Waals surface area contributed by atoms with Gasteiger partial charge in [0.05, 0.1) is 17.6 Å². The monoisotopic (exact) mass is 743 g/mol. The zero-order chi connectivity index (χ0) is 36.7. The van der Waals surface area contributed by atoms with Crippen LogP contribution in [0.5, 0.6) is 5.88 Å². The largest absolute Gasteiger partial charge is 0.471 e. The van der Waals surface area contributed by atoms with Gasteiger partial charge in [-0.3, -0.25) is 4.57 Å². The summed E-state index contributed by atoms with van der Waals surface area (Å²) in [5.74, 6) is -0.373. The van der Waals surface area contributed by atoms with E-state index in [1.165, 1.54) is 16.7 Å². The van der Waals surface area contributed by atoms with Crippen LogP contribution in [0.3, 0.4) is 0 Å². The maximum atomic E-state index is 16.1. The number of nitrogens with zero attached hydrogens (tertiary/aromatic N) is 4. The van der Waals surface area contributed by atoms with Gasteiger partial charge in [0.1, 0.15) is 18.9 Å². The predicted octanol–water partition coefficient (Wildman–Crippen LogP) is 8.04. The molecule has 3 atom stereocenters. The molecule has 1 saturated heterocycles. The smallest absolute Gasteiger partial charge is 0.293 e. The number of halogens is 1. The van der Waals surface area contributed by atoms with Gasteiger partial charge in [0.25, 0.3) is 16.1 Å². The van der Waals surface area contributed by atoms with Gasteiger partial charge in [0, 0.05) is 6.42 Å². The van der Waals surface area contributed by atoms with Crippen molar-refractivity contribution in [2.75, 3.05) is 11.3 Å². The summed E-state index contributed by atoms with van der Waals surface area (Å²) in [6.45, 7) is 22.1. The highest BCUT2D eigenvalue weighted by Crippen LogP contribution is 2.43. The van der Waals surface area contributed by atoms with Crippen molar-refractivity contribution in [3.05, 3.63) is 72.3 Å². The highest BCUT2D eigenvalue weighted by Gasteiger charge is 2.47. The lowest BCUT2D eigenvalue weighted by Crippen LogP contribution is -2.48.